The Balaban J connectivity index is 1.63. The van der Waals surface area contributed by atoms with E-state index >= 15 is 4.39 Å². The minimum absolute atomic E-state index is 0.191. The summed E-state index contributed by atoms with van der Waals surface area (Å²) in [6, 6.07) is 20.6. The molecule has 0 saturated heterocycles. The molecule has 0 spiro atoms. The number of aromatic amines is 1. The lowest BCUT2D eigenvalue weighted by molar-refractivity contribution is 0.635. The van der Waals surface area contributed by atoms with Crippen molar-refractivity contribution in [2.45, 2.75) is 26.8 Å². The fraction of sp³-hybridized carbons (Fsp3) is 0.222. The zero-order valence-corrected chi connectivity index (χ0v) is 18.5. The first-order chi connectivity index (χ1) is 15.7. The summed E-state index contributed by atoms with van der Waals surface area (Å²) in [6.07, 6.45) is 2.72. The number of aromatic nitrogens is 3. The van der Waals surface area contributed by atoms with Crippen LogP contribution in [-0.2, 0) is 13.0 Å². The molecule has 0 saturated carbocycles. The second-order valence-electron chi connectivity index (χ2n) is 8.27. The van der Waals surface area contributed by atoms with Gasteiger partial charge in [0.25, 0.3) is 0 Å². The van der Waals surface area contributed by atoms with Crippen molar-refractivity contribution in [2.24, 2.45) is 0 Å². The third kappa shape index (κ3) is 3.59. The number of likely N-dealkylation sites (N-methyl/N-ethyl adjacent to an activating group) is 1. The molecule has 5 heteroatoms. The zero-order valence-electron chi connectivity index (χ0n) is 18.5. The minimum atomic E-state index is -0.191. The van der Waals surface area contributed by atoms with E-state index in [1.54, 1.807) is 6.20 Å². The number of hydrogen-bond acceptors (Lipinski definition) is 2. The van der Waals surface area contributed by atoms with Gasteiger partial charge in [0.2, 0.25) is 0 Å². The number of H-pyrrole nitrogens is 1. The molecule has 2 N–H and O–H groups in total. The number of nitrogens with one attached hydrogen (secondary N) is 2. The van der Waals surface area contributed by atoms with Gasteiger partial charge in [-0.3, -0.25) is 5.10 Å². The molecule has 0 bridgehead atoms. The molecule has 0 fully saturated rings. The maximum absolute atomic E-state index is 16.0. The van der Waals surface area contributed by atoms with Crippen LogP contribution in [-0.4, -0.2) is 27.9 Å². The first kappa shape index (κ1) is 20.5. The van der Waals surface area contributed by atoms with E-state index in [2.05, 4.69) is 51.3 Å². The quantitative estimate of drug-likeness (QED) is 0.322. The van der Waals surface area contributed by atoms with Crippen LogP contribution in [0.25, 0.3) is 33.1 Å². The Morgan fingerprint density at radius 3 is 2.56 bits per heavy atom. The maximum atomic E-state index is 16.0. The van der Waals surface area contributed by atoms with Gasteiger partial charge in [-0.1, -0.05) is 55.5 Å². The van der Waals surface area contributed by atoms with E-state index in [1.807, 2.05) is 43.3 Å². The Labute approximate surface area is 187 Å². The van der Waals surface area contributed by atoms with Crippen LogP contribution in [0.1, 0.15) is 23.6 Å². The first-order valence-corrected chi connectivity index (χ1v) is 11.2. The summed E-state index contributed by atoms with van der Waals surface area (Å²) in [5, 5.41) is 11.9. The third-order valence-corrected chi connectivity index (χ3v) is 6.19. The third-order valence-electron chi connectivity index (χ3n) is 6.19. The van der Waals surface area contributed by atoms with Gasteiger partial charge < -0.3 is 9.88 Å². The summed E-state index contributed by atoms with van der Waals surface area (Å²) < 4.78 is 18.1. The van der Waals surface area contributed by atoms with Gasteiger partial charge in [0, 0.05) is 22.9 Å². The second kappa shape index (κ2) is 8.60. The lowest BCUT2D eigenvalue weighted by atomic mass is 10.0. The van der Waals surface area contributed by atoms with Gasteiger partial charge in [-0.05, 0) is 55.3 Å². The molecule has 0 aliphatic carbocycles. The highest BCUT2D eigenvalue weighted by Crippen LogP contribution is 2.37. The number of fused-ring (bicyclic) bond motifs is 3. The summed E-state index contributed by atoms with van der Waals surface area (Å²) in [5.74, 6) is -0.191. The fourth-order valence-corrected chi connectivity index (χ4v) is 4.49. The summed E-state index contributed by atoms with van der Waals surface area (Å²) >= 11 is 0. The smallest absolute Gasteiger partial charge is 0.157 e. The number of aryl methyl sites for hydroxylation is 1. The highest BCUT2D eigenvalue weighted by molar-refractivity contribution is 6.07. The number of nitrogens with zero attached hydrogens (tertiary/aromatic N) is 2. The molecule has 0 radical (unpaired) electrons. The van der Waals surface area contributed by atoms with Gasteiger partial charge in [0.1, 0.15) is 0 Å². The highest BCUT2D eigenvalue weighted by Gasteiger charge is 2.22. The van der Waals surface area contributed by atoms with Crippen molar-refractivity contribution in [2.75, 3.05) is 13.1 Å². The van der Waals surface area contributed by atoms with E-state index in [9.17, 15) is 0 Å². The van der Waals surface area contributed by atoms with E-state index in [0.717, 1.165) is 52.6 Å². The Bertz CT molecular complexity index is 1380. The van der Waals surface area contributed by atoms with Crippen molar-refractivity contribution in [3.63, 3.8) is 0 Å². The molecule has 5 aromatic rings. The van der Waals surface area contributed by atoms with E-state index in [0.29, 0.717) is 17.6 Å². The van der Waals surface area contributed by atoms with Gasteiger partial charge in [-0.25, -0.2) is 4.39 Å². The molecule has 0 atom stereocenters. The van der Waals surface area contributed by atoms with Crippen molar-refractivity contribution >= 4 is 21.8 Å². The van der Waals surface area contributed by atoms with Crippen molar-refractivity contribution in [3.05, 3.63) is 89.4 Å². The molecule has 5 rings (SSSR count). The van der Waals surface area contributed by atoms with Crippen molar-refractivity contribution in [1.82, 2.24) is 20.1 Å². The van der Waals surface area contributed by atoms with Crippen LogP contribution >= 0.6 is 0 Å². The predicted octanol–water partition coefficient (Wildman–Crippen LogP) is 5.83. The van der Waals surface area contributed by atoms with Crippen LogP contribution in [0.3, 0.4) is 0 Å². The lowest BCUT2D eigenvalue weighted by Gasteiger charge is -2.13. The number of halogens is 1. The normalized spacial score (nSPS) is 11.6. The van der Waals surface area contributed by atoms with Crippen LogP contribution in [0.2, 0.25) is 0 Å². The lowest BCUT2D eigenvalue weighted by Crippen LogP contribution is -2.16. The van der Waals surface area contributed by atoms with Crippen molar-refractivity contribution in [1.29, 1.82) is 0 Å². The molecule has 0 unspecified atom stereocenters. The van der Waals surface area contributed by atoms with Gasteiger partial charge in [0.15, 0.2) is 5.82 Å². The predicted molar refractivity (Wildman–Crippen MR) is 130 cm³/mol. The molecule has 0 aliphatic heterocycles. The molecule has 0 amide bonds. The monoisotopic (exact) mass is 426 g/mol. The van der Waals surface area contributed by atoms with E-state index < -0.39 is 0 Å². The van der Waals surface area contributed by atoms with Crippen LogP contribution in [0.15, 0.2) is 66.9 Å². The van der Waals surface area contributed by atoms with Crippen molar-refractivity contribution in [3.8, 4) is 11.3 Å². The SMILES string of the molecule is CCNCCc1ccc(Cn2c(-c3ccccc3C)c(F)c3c4cn[nH]c4ccc32)cc1. The standard InChI is InChI=1S/C27H27FN4/c1-3-29-15-14-19-8-10-20(11-9-19)17-32-24-13-12-23-22(16-30-31-23)25(24)26(28)27(32)21-7-5-4-6-18(21)2/h4-13,16,29H,3,14-15,17H2,1-2H3,(H,30,31). The van der Waals surface area contributed by atoms with Crippen LogP contribution in [0, 0.1) is 12.7 Å². The maximum Gasteiger partial charge on any atom is 0.157 e. The van der Waals surface area contributed by atoms with Crippen LogP contribution in [0.4, 0.5) is 4.39 Å². The topological polar surface area (TPSA) is 45.6 Å². The molecule has 3 aromatic carbocycles. The number of hydrogen-bond donors (Lipinski definition) is 2. The van der Waals surface area contributed by atoms with Crippen LogP contribution < -0.4 is 5.32 Å². The fourth-order valence-electron chi connectivity index (χ4n) is 4.49. The molecule has 4 nitrogen and oxygen atoms in total. The summed E-state index contributed by atoms with van der Waals surface area (Å²) in [4.78, 5) is 0. The average molecular weight is 427 g/mol. The molecule has 162 valence electrons. The molecule has 0 aliphatic rings. The number of rotatable bonds is 7. The molecule has 2 aromatic heterocycles. The molecular weight excluding hydrogens is 399 g/mol. The second-order valence-corrected chi connectivity index (χ2v) is 8.27. The average Bonchev–Trinajstić information content (AvgIpc) is 3.38. The Morgan fingerprint density at radius 2 is 1.78 bits per heavy atom. The Hall–Kier alpha value is -3.44. The van der Waals surface area contributed by atoms with E-state index in [4.69, 9.17) is 0 Å². The van der Waals surface area contributed by atoms with Crippen molar-refractivity contribution < 1.29 is 4.39 Å². The number of benzene rings is 3. The zero-order chi connectivity index (χ0) is 22.1. The summed E-state index contributed by atoms with van der Waals surface area (Å²) in [6.45, 7) is 6.70. The molecular formula is C27H27FN4. The van der Waals surface area contributed by atoms with Gasteiger partial charge >= 0.3 is 0 Å². The van der Waals surface area contributed by atoms with Gasteiger partial charge in [-0.15, -0.1) is 0 Å². The van der Waals surface area contributed by atoms with Gasteiger partial charge in [0.05, 0.1) is 22.9 Å². The molecule has 32 heavy (non-hydrogen) atoms. The summed E-state index contributed by atoms with van der Waals surface area (Å²) in [7, 11) is 0. The largest absolute Gasteiger partial charge is 0.333 e. The Kier molecular flexibility index (Phi) is 5.50. The van der Waals surface area contributed by atoms with E-state index in [-0.39, 0.29) is 5.82 Å². The van der Waals surface area contributed by atoms with Crippen LogP contribution in [0.5, 0.6) is 0 Å². The molecule has 2 heterocycles. The summed E-state index contributed by atoms with van der Waals surface area (Å²) in [5.41, 5.74) is 6.77. The minimum Gasteiger partial charge on any atom is -0.333 e. The first-order valence-electron chi connectivity index (χ1n) is 11.2. The highest BCUT2D eigenvalue weighted by atomic mass is 19.1. The van der Waals surface area contributed by atoms with E-state index in [1.165, 1.54) is 5.56 Å². The van der Waals surface area contributed by atoms with Gasteiger partial charge in [-0.2, -0.15) is 5.10 Å². The Morgan fingerprint density at radius 1 is 1.00 bits per heavy atom.